The molecule has 0 aliphatic carbocycles. The molecule has 1 N–H and O–H groups in total. The minimum absolute atomic E-state index is 0.243. The Balaban J connectivity index is 2.31. The van der Waals surface area contributed by atoms with Gasteiger partial charge in [-0.2, -0.15) is 0 Å². The Labute approximate surface area is 107 Å². The van der Waals surface area contributed by atoms with Crippen molar-refractivity contribution in [3.05, 3.63) is 46.1 Å². The number of halogens is 2. The third-order valence-corrected chi connectivity index (χ3v) is 2.66. The highest BCUT2D eigenvalue weighted by Crippen LogP contribution is 2.21. The third kappa shape index (κ3) is 3.00. The van der Waals surface area contributed by atoms with Crippen LogP contribution < -0.4 is 5.32 Å². The normalized spacial score (nSPS) is 10.4. The number of aromatic nitrogens is 2. The zero-order valence-corrected chi connectivity index (χ0v) is 11.0. The summed E-state index contributed by atoms with van der Waals surface area (Å²) in [7, 11) is 0. The second-order valence-electron chi connectivity index (χ2n) is 3.71. The maximum atomic E-state index is 13.0. The van der Waals surface area contributed by atoms with Gasteiger partial charge in [0.1, 0.15) is 22.1 Å². The summed E-state index contributed by atoms with van der Waals surface area (Å²) >= 11 is 3.31. The Morgan fingerprint density at radius 3 is 2.59 bits per heavy atom. The summed E-state index contributed by atoms with van der Waals surface area (Å²) in [6.45, 7) is 3.65. The molecule has 1 aromatic carbocycles. The van der Waals surface area contributed by atoms with Crippen LogP contribution in [0, 0.1) is 19.7 Å². The first-order valence-corrected chi connectivity index (χ1v) is 5.88. The second-order valence-corrected chi connectivity index (χ2v) is 4.52. The van der Waals surface area contributed by atoms with E-state index in [-0.39, 0.29) is 5.82 Å². The van der Waals surface area contributed by atoms with E-state index in [1.807, 2.05) is 13.8 Å². The molecule has 0 unspecified atom stereocenters. The first-order chi connectivity index (χ1) is 8.04. The summed E-state index contributed by atoms with van der Waals surface area (Å²) < 4.78 is 13.7. The van der Waals surface area contributed by atoms with Crippen LogP contribution in [0.25, 0.3) is 0 Å². The molecule has 0 spiro atoms. The van der Waals surface area contributed by atoms with E-state index >= 15 is 0 Å². The Morgan fingerprint density at radius 2 is 1.94 bits per heavy atom. The predicted molar refractivity (Wildman–Crippen MR) is 68.9 cm³/mol. The summed E-state index contributed by atoms with van der Waals surface area (Å²) in [6.07, 6.45) is 0. The summed E-state index contributed by atoms with van der Waals surface area (Å²) in [5, 5.41) is 3.13. The van der Waals surface area contributed by atoms with Gasteiger partial charge >= 0.3 is 0 Å². The standard InChI is InChI=1S/C12H11BrFN3/c1-7-5-9(14)3-4-10(7)17-12-6-11(13)15-8(2)16-12/h3-6H,1-2H3,(H,15,16,17). The van der Waals surface area contributed by atoms with E-state index in [4.69, 9.17) is 0 Å². The van der Waals surface area contributed by atoms with Gasteiger partial charge in [-0.05, 0) is 53.5 Å². The fourth-order valence-electron chi connectivity index (χ4n) is 1.50. The molecular weight excluding hydrogens is 285 g/mol. The van der Waals surface area contributed by atoms with Gasteiger partial charge in [-0.1, -0.05) is 0 Å². The van der Waals surface area contributed by atoms with Gasteiger partial charge in [-0.15, -0.1) is 0 Å². The molecule has 2 aromatic rings. The number of nitrogens with zero attached hydrogens (tertiary/aromatic N) is 2. The van der Waals surface area contributed by atoms with Crippen molar-refractivity contribution < 1.29 is 4.39 Å². The highest BCUT2D eigenvalue weighted by molar-refractivity contribution is 9.10. The van der Waals surface area contributed by atoms with Crippen molar-refractivity contribution >= 4 is 27.4 Å². The van der Waals surface area contributed by atoms with E-state index in [0.717, 1.165) is 11.3 Å². The van der Waals surface area contributed by atoms with Gasteiger partial charge in [-0.3, -0.25) is 0 Å². The van der Waals surface area contributed by atoms with E-state index in [1.54, 1.807) is 12.1 Å². The molecule has 0 bridgehead atoms. The fourth-order valence-corrected chi connectivity index (χ4v) is 1.97. The van der Waals surface area contributed by atoms with Gasteiger partial charge in [0.2, 0.25) is 0 Å². The van der Waals surface area contributed by atoms with E-state index in [0.29, 0.717) is 16.2 Å². The molecule has 3 nitrogen and oxygen atoms in total. The van der Waals surface area contributed by atoms with Crippen LogP contribution in [0.15, 0.2) is 28.9 Å². The van der Waals surface area contributed by atoms with Crippen molar-refractivity contribution in [1.82, 2.24) is 9.97 Å². The van der Waals surface area contributed by atoms with Gasteiger partial charge in [0.05, 0.1) is 0 Å². The summed E-state index contributed by atoms with van der Waals surface area (Å²) in [5.41, 5.74) is 1.66. The molecule has 0 aliphatic heterocycles. The fraction of sp³-hybridized carbons (Fsp3) is 0.167. The van der Waals surface area contributed by atoms with E-state index in [1.165, 1.54) is 12.1 Å². The molecule has 1 heterocycles. The van der Waals surface area contributed by atoms with Crippen molar-refractivity contribution in [3.63, 3.8) is 0 Å². The number of aryl methyl sites for hydroxylation is 2. The highest BCUT2D eigenvalue weighted by atomic mass is 79.9. The van der Waals surface area contributed by atoms with Crippen LogP contribution in [-0.2, 0) is 0 Å². The second kappa shape index (κ2) is 4.79. The summed E-state index contributed by atoms with van der Waals surface area (Å²) in [4.78, 5) is 8.36. The maximum absolute atomic E-state index is 13.0. The zero-order valence-electron chi connectivity index (χ0n) is 9.46. The van der Waals surface area contributed by atoms with E-state index in [2.05, 4.69) is 31.2 Å². The van der Waals surface area contributed by atoms with Crippen LogP contribution in [0.3, 0.4) is 0 Å². The molecule has 0 saturated heterocycles. The number of rotatable bonds is 2. The molecule has 0 amide bonds. The molecule has 0 aliphatic rings. The van der Waals surface area contributed by atoms with Gasteiger partial charge in [0, 0.05) is 11.8 Å². The monoisotopic (exact) mass is 295 g/mol. The average molecular weight is 296 g/mol. The smallest absolute Gasteiger partial charge is 0.135 e. The van der Waals surface area contributed by atoms with E-state index in [9.17, 15) is 4.39 Å². The third-order valence-electron chi connectivity index (χ3n) is 2.26. The molecule has 17 heavy (non-hydrogen) atoms. The van der Waals surface area contributed by atoms with Crippen LogP contribution >= 0.6 is 15.9 Å². The topological polar surface area (TPSA) is 37.8 Å². The molecule has 5 heteroatoms. The first kappa shape index (κ1) is 12.0. The SMILES string of the molecule is Cc1nc(Br)cc(Nc2ccc(F)cc2C)n1. The molecule has 0 radical (unpaired) electrons. The number of hydrogen-bond donors (Lipinski definition) is 1. The maximum Gasteiger partial charge on any atom is 0.135 e. The van der Waals surface area contributed by atoms with Crippen molar-refractivity contribution in [2.45, 2.75) is 13.8 Å². The largest absolute Gasteiger partial charge is 0.340 e. The van der Waals surface area contributed by atoms with Gasteiger partial charge in [0.15, 0.2) is 0 Å². The predicted octanol–water partition coefficient (Wildman–Crippen LogP) is 3.74. The minimum atomic E-state index is -0.243. The van der Waals surface area contributed by atoms with Crippen molar-refractivity contribution in [3.8, 4) is 0 Å². The van der Waals surface area contributed by atoms with Gasteiger partial charge < -0.3 is 5.32 Å². The lowest BCUT2D eigenvalue weighted by Gasteiger charge is -2.09. The van der Waals surface area contributed by atoms with Crippen LogP contribution in [0.2, 0.25) is 0 Å². The number of nitrogens with one attached hydrogen (secondary N) is 1. The lowest BCUT2D eigenvalue weighted by atomic mass is 10.2. The molecule has 0 fully saturated rings. The highest BCUT2D eigenvalue weighted by Gasteiger charge is 2.03. The summed E-state index contributed by atoms with van der Waals surface area (Å²) in [5.74, 6) is 1.11. The van der Waals surface area contributed by atoms with E-state index < -0.39 is 0 Å². The Kier molecular flexibility index (Phi) is 3.38. The van der Waals surface area contributed by atoms with Crippen molar-refractivity contribution in [2.75, 3.05) is 5.32 Å². The molecular formula is C12H11BrFN3. The molecule has 2 rings (SSSR count). The van der Waals surface area contributed by atoms with Crippen LogP contribution in [0.5, 0.6) is 0 Å². The lowest BCUT2D eigenvalue weighted by molar-refractivity contribution is 0.627. The number of benzene rings is 1. The van der Waals surface area contributed by atoms with Crippen LogP contribution in [0.4, 0.5) is 15.9 Å². The zero-order chi connectivity index (χ0) is 12.4. The van der Waals surface area contributed by atoms with Gasteiger partial charge in [0.25, 0.3) is 0 Å². The Morgan fingerprint density at radius 1 is 1.18 bits per heavy atom. The molecule has 0 atom stereocenters. The lowest BCUT2D eigenvalue weighted by Crippen LogP contribution is -1.99. The summed E-state index contributed by atoms with van der Waals surface area (Å²) in [6, 6.07) is 6.36. The van der Waals surface area contributed by atoms with Crippen LogP contribution in [0.1, 0.15) is 11.4 Å². The number of hydrogen-bond acceptors (Lipinski definition) is 3. The van der Waals surface area contributed by atoms with Crippen molar-refractivity contribution in [1.29, 1.82) is 0 Å². The molecule has 1 aromatic heterocycles. The Hall–Kier alpha value is -1.49. The van der Waals surface area contributed by atoms with Crippen LogP contribution in [-0.4, -0.2) is 9.97 Å². The molecule has 88 valence electrons. The Bertz CT molecular complexity index is 537. The average Bonchev–Trinajstić information content (AvgIpc) is 2.21. The minimum Gasteiger partial charge on any atom is -0.340 e. The van der Waals surface area contributed by atoms with Gasteiger partial charge in [-0.25, -0.2) is 14.4 Å². The molecule has 0 saturated carbocycles. The first-order valence-electron chi connectivity index (χ1n) is 5.09. The number of anilines is 2. The van der Waals surface area contributed by atoms with Crippen molar-refractivity contribution in [2.24, 2.45) is 0 Å². The quantitative estimate of drug-likeness (QED) is 0.858.